The number of hydrogen-bond donors (Lipinski definition) is 1. The highest BCUT2D eigenvalue weighted by Crippen LogP contribution is 2.18. The third-order valence-corrected chi connectivity index (χ3v) is 3.22. The largest absolute Gasteiger partial charge is 0.486 e. The SMILES string of the molecule is S=c1[nH]ncn1/N=C\c1ccc(COc2cccc(Cl)c2)o1. The van der Waals surface area contributed by atoms with Gasteiger partial charge in [0.1, 0.15) is 30.2 Å². The number of halogens is 1. The van der Waals surface area contributed by atoms with Crippen LogP contribution in [-0.2, 0) is 6.61 Å². The maximum atomic E-state index is 5.89. The lowest BCUT2D eigenvalue weighted by atomic mass is 10.3. The number of furan rings is 1. The number of nitrogens with one attached hydrogen (secondary N) is 1. The first-order chi connectivity index (χ1) is 10.7. The normalized spacial score (nSPS) is 11.1. The molecule has 0 amide bonds. The molecule has 3 aromatic rings. The monoisotopic (exact) mass is 334 g/mol. The van der Waals surface area contributed by atoms with Crippen molar-refractivity contribution in [2.75, 3.05) is 0 Å². The van der Waals surface area contributed by atoms with Crippen LogP contribution in [0.5, 0.6) is 5.75 Å². The van der Waals surface area contributed by atoms with Gasteiger partial charge >= 0.3 is 0 Å². The number of rotatable bonds is 5. The molecule has 0 fully saturated rings. The standard InChI is InChI=1S/C14H11ClN4O2S/c15-10-2-1-3-11(6-10)20-8-13-5-4-12(21-13)7-17-19-9-16-18-14(19)22/h1-7,9H,8H2,(H,18,22)/b17-7-. The first-order valence-electron chi connectivity index (χ1n) is 6.34. The van der Waals surface area contributed by atoms with Crippen LogP contribution in [0, 0.1) is 4.77 Å². The molecule has 1 aromatic carbocycles. The Morgan fingerprint density at radius 3 is 3.09 bits per heavy atom. The van der Waals surface area contributed by atoms with Gasteiger partial charge in [0.05, 0.1) is 6.21 Å². The maximum absolute atomic E-state index is 5.89. The molecule has 6 nitrogen and oxygen atoms in total. The van der Waals surface area contributed by atoms with Crippen molar-refractivity contribution in [2.24, 2.45) is 5.10 Å². The Kier molecular flexibility index (Phi) is 4.36. The average Bonchev–Trinajstić information content (AvgIpc) is 3.12. The van der Waals surface area contributed by atoms with E-state index in [0.717, 1.165) is 0 Å². The molecular weight excluding hydrogens is 324 g/mol. The van der Waals surface area contributed by atoms with Crippen LogP contribution in [0.4, 0.5) is 0 Å². The zero-order valence-corrected chi connectivity index (χ0v) is 12.8. The minimum atomic E-state index is 0.305. The summed E-state index contributed by atoms with van der Waals surface area (Å²) in [6.45, 7) is 0.305. The Labute approximate surface area is 136 Å². The lowest BCUT2D eigenvalue weighted by Gasteiger charge is -2.03. The van der Waals surface area contributed by atoms with Crippen molar-refractivity contribution in [1.29, 1.82) is 0 Å². The molecule has 2 heterocycles. The van der Waals surface area contributed by atoms with Crippen molar-refractivity contribution < 1.29 is 9.15 Å². The predicted molar refractivity (Wildman–Crippen MR) is 84.9 cm³/mol. The van der Waals surface area contributed by atoms with Gasteiger partial charge in [-0.3, -0.25) is 5.10 Å². The summed E-state index contributed by atoms with van der Waals surface area (Å²) in [7, 11) is 0. The first-order valence-corrected chi connectivity index (χ1v) is 7.13. The van der Waals surface area contributed by atoms with Gasteiger partial charge in [0, 0.05) is 5.02 Å². The third kappa shape index (κ3) is 3.63. The molecule has 0 aliphatic rings. The Balaban J connectivity index is 1.63. The van der Waals surface area contributed by atoms with E-state index in [9.17, 15) is 0 Å². The van der Waals surface area contributed by atoms with Gasteiger partial charge in [-0.2, -0.15) is 14.9 Å². The molecule has 2 aromatic heterocycles. The lowest BCUT2D eigenvalue weighted by Crippen LogP contribution is -1.93. The van der Waals surface area contributed by atoms with Crippen LogP contribution in [0.2, 0.25) is 5.02 Å². The molecule has 0 aliphatic heterocycles. The van der Waals surface area contributed by atoms with Crippen molar-refractivity contribution in [3.05, 3.63) is 64.0 Å². The molecule has 1 N–H and O–H groups in total. The third-order valence-electron chi connectivity index (χ3n) is 2.70. The number of H-pyrrole nitrogens is 1. The Morgan fingerprint density at radius 2 is 2.32 bits per heavy atom. The van der Waals surface area contributed by atoms with Gasteiger partial charge < -0.3 is 9.15 Å². The van der Waals surface area contributed by atoms with Gasteiger partial charge in [0.25, 0.3) is 0 Å². The van der Waals surface area contributed by atoms with Crippen molar-refractivity contribution in [2.45, 2.75) is 6.61 Å². The summed E-state index contributed by atoms with van der Waals surface area (Å²) in [6, 6.07) is 10.8. The van der Waals surface area contributed by atoms with Crippen LogP contribution < -0.4 is 4.74 Å². The van der Waals surface area contributed by atoms with Gasteiger partial charge in [-0.05, 0) is 42.5 Å². The molecule has 0 aliphatic carbocycles. The summed E-state index contributed by atoms with van der Waals surface area (Å²) < 4.78 is 13.0. The summed E-state index contributed by atoms with van der Waals surface area (Å²) in [6.07, 6.45) is 3.03. The fourth-order valence-electron chi connectivity index (χ4n) is 1.70. The van der Waals surface area contributed by atoms with E-state index < -0.39 is 0 Å². The van der Waals surface area contributed by atoms with Gasteiger partial charge in [0.15, 0.2) is 0 Å². The molecule has 0 atom stereocenters. The number of benzene rings is 1. The average molecular weight is 335 g/mol. The van der Waals surface area contributed by atoms with Crippen molar-refractivity contribution in [3.8, 4) is 5.75 Å². The highest BCUT2D eigenvalue weighted by molar-refractivity contribution is 7.71. The molecule has 112 valence electrons. The molecule has 0 saturated carbocycles. The van der Waals surface area contributed by atoms with E-state index >= 15 is 0 Å². The predicted octanol–water partition coefficient (Wildman–Crippen LogP) is 3.65. The smallest absolute Gasteiger partial charge is 0.216 e. The second kappa shape index (κ2) is 6.59. The minimum absolute atomic E-state index is 0.305. The van der Waals surface area contributed by atoms with E-state index in [1.165, 1.54) is 11.0 Å². The molecule has 22 heavy (non-hydrogen) atoms. The number of ether oxygens (including phenoxy) is 1. The number of aromatic amines is 1. The quantitative estimate of drug-likeness (QED) is 0.571. The van der Waals surface area contributed by atoms with Crippen molar-refractivity contribution >= 4 is 30.0 Å². The fourth-order valence-corrected chi connectivity index (χ4v) is 2.02. The van der Waals surface area contributed by atoms with E-state index in [2.05, 4.69) is 15.3 Å². The maximum Gasteiger partial charge on any atom is 0.216 e. The fraction of sp³-hybridized carbons (Fsp3) is 0.0714. The van der Waals surface area contributed by atoms with Crippen molar-refractivity contribution in [3.63, 3.8) is 0 Å². The zero-order chi connectivity index (χ0) is 15.4. The first kappa shape index (κ1) is 14.6. The molecule has 0 unspecified atom stereocenters. The van der Waals surface area contributed by atoms with E-state index in [1.807, 2.05) is 18.2 Å². The molecule has 0 bridgehead atoms. The minimum Gasteiger partial charge on any atom is -0.486 e. The van der Waals surface area contributed by atoms with Gasteiger partial charge in [-0.1, -0.05) is 17.7 Å². The van der Waals surface area contributed by atoms with E-state index in [-0.39, 0.29) is 0 Å². The van der Waals surface area contributed by atoms with Crippen LogP contribution in [-0.4, -0.2) is 21.1 Å². The van der Waals surface area contributed by atoms with Gasteiger partial charge in [-0.15, -0.1) is 0 Å². The summed E-state index contributed by atoms with van der Waals surface area (Å²) in [5.74, 6) is 1.95. The number of nitrogens with zero attached hydrogens (tertiary/aromatic N) is 3. The van der Waals surface area contributed by atoms with Crippen LogP contribution in [0.15, 0.2) is 52.2 Å². The summed E-state index contributed by atoms with van der Waals surface area (Å²) in [4.78, 5) is 0. The molecule has 3 rings (SSSR count). The van der Waals surface area contributed by atoms with Crippen LogP contribution in [0.25, 0.3) is 0 Å². The zero-order valence-electron chi connectivity index (χ0n) is 11.3. The molecule has 0 radical (unpaired) electrons. The summed E-state index contributed by atoms with van der Waals surface area (Å²) >= 11 is 10.9. The van der Waals surface area contributed by atoms with Crippen molar-refractivity contribution in [1.82, 2.24) is 14.9 Å². The summed E-state index contributed by atoms with van der Waals surface area (Å²) in [5.41, 5.74) is 0. The van der Waals surface area contributed by atoms with Crippen LogP contribution in [0.3, 0.4) is 0 Å². The summed E-state index contributed by atoms with van der Waals surface area (Å²) in [5, 5.41) is 11.1. The van der Waals surface area contributed by atoms with E-state index in [4.69, 9.17) is 33.0 Å². The molecule has 0 spiro atoms. The van der Waals surface area contributed by atoms with Gasteiger partial charge in [-0.25, -0.2) is 0 Å². The highest BCUT2D eigenvalue weighted by Gasteiger charge is 2.02. The number of aromatic nitrogens is 3. The second-order valence-corrected chi connectivity index (χ2v) is 5.12. The molecule has 0 saturated heterocycles. The lowest BCUT2D eigenvalue weighted by molar-refractivity contribution is 0.270. The Hall–Kier alpha value is -2.38. The van der Waals surface area contributed by atoms with E-state index in [0.29, 0.717) is 33.7 Å². The highest BCUT2D eigenvalue weighted by atomic mass is 35.5. The topological polar surface area (TPSA) is 68.3 Å². The molecular formula is C14H11ClN4O2S. The molecule has 8 heteroatoms. The Bertz CT molecular complexity index is 852. The number of hydrogen-bond acceptors (Lipinski definition) is 5. The Morgan fingerprint density at radius 1 is 1.41 bits per heavy atom. The van der Waals surface area contributed by atoms with Gasteiger partial charge in [0.2, 0.25) is 4.77 Å². The van der Waals surface area contributed by atoms with Crippen LogP contribution >= 0.6 is 23.8 Å². The van der Waals surface area contributed by atoms with E-state index in [1.54, 1.807) is 24.4 Å². The van der Waals surface area contributed by atoms with Crippen LogP contribution in [0.1, 0.15) is 11.5 Å². The second-order valence-electron chi connectivity index (χ2n) is 4.30.